The van der Waals surface area contributed by atoms with E-state index in [1.807, 2.05) is 0 Å². The lowest BCUT2D eigenvalue weighted by molar-refractivity contribution is 0.111. The maximum Gasteiger partial charge on any atom is 0.168 e. The molecular weight excluding hydrogens is 260 g/mol. The largest absolute Gasteiger partial charge is 0.504 e. The third-order valence-corrected chi connectivity index (χ3v) is 2.50. The minimum absolute atomic E-state index is 0. The molecule has 100 valence electrons. The fourth-order valence-corrected chi connectivity index (χ4v) is 1.65. The summed E-state index contributed by atoms with van der Waals surface area (Å²) in [6.07, 6.45) is 1.84. The summed E-state index contributed by atoms with van der Waals surface area (Å²) < 4.78 is 4.87. The van der Waals surface area contributed by atoms with E-state index in [0.29, 0.717) is 31.0 Å². The van der Waals surface area contributed by atoms with Crippen molar-refractivity contribution in [3.05, 3.63) is 22.8 Å². The van der Waals surface area contributed by atoms with Gasteiger partial charge in [-0.15, -0.1) is 12.4 Å². The molecule has 0 heterocycles. The van der Waals surface area contributed by atoms with E-state index < -0.39 is 0 Å². The summed E-state index contributed by atoms with van der Waals surface area (Å²) in [5.74, 6) is -0.192. The van der Waals surface area contributed by atoms with Gasteiger partial charge in [-0.2, -0.15) is 0 Å². The second-order valence-corrected chi connectivity index (χ2v) is 3.47. The van der Waals surface area contributed by atoms with Crippen molar-refractivity contribution >= 4 is 25.0 Å². The first-order valence-electron chi connectivity index (χ1n) is 5.13. The topological polar surface area (TPSA) is 83.8 Å². The molecule has 5 nitrogen and oxygen atoms in total. The van der Waals surface area contributed by atoms with E-state index in [4.69, 9.17) is 9.84 Å². The predicted molar refractivity (Wildman–Crippen MR) is 68.1 cm³/mol. The van der Waals surface area contributed by atoms with Crippen LogP contribution >= 0.6 is 12.4 Å². The van der Waals surface area contributed by atoms with Crippen molar-refractivity contribution in [3.8, 4) is 11.5 Å². The Morgan fingerprint density at radius 1 is 1.33 bits per heavy atom. The smallest absolute Gasteiger partial charge is 0.168 e. The van der Waals surface area contributed by atoms with Gasteiger partial charge >= 0.3 is 0 Å². The standard InChI is InChI=1S/C12H14O5.ClH/c1-17-11-5-8(6-14)9(3-2-4-13)10(7-15)12(11)16;/h5-7,13,16H,2-4H2,1H3;1H. The van der Waals surface area contributed by atoms with E-state index in [2.05, 4.69) is 0 Å². The van der Waals surface area contributed by atoms with E-state index in [-0.39, 0.29) is 41.6 Å². The quantitative estimate of drug-likeness (QED) is 0.766. The molecule has 1 aromatic carbocycles. The third kappa shape index (κ3) is 3.21. The highest BCUT2D eigenvalue weighted by Gasteiger charge is 2.17. The Hall–Kier alpha value is -1.59. The Bertz CT molecular complexity index is 431. The van der Waals surface area contributed by atoms with Gasteiger partial charge in [0, 0.05) is 12.2 Å². The number of hydrogen-bond acceptors (Lipinski definition) is 5. The number of carbonyl (C=O) groups is 2. The molecule has 0 aromatic heterocycles. The van der Waals surface area contributed by atoms with Crippen LogP contribution in [0.1, 0.15) is 32.7 Å². The highest BCUT2D eigenvalue weighted by Crippen LogP contribution is 2.33. The van der Waals surface area contributed by atoms with Gasteiger partial charge in [-0.3, -0.25) is 9.59 Å². The van der Waals surface area contributed by atoms with Crippen LogP contribution in [0.4, 0.5) is 0 Å². The van der Waals surface area contributed by atoms with Crippen molar-refractivity contribution < 1.29 is 24.5 Å². The van der Waals surface area contributed by atoms with Crippen molar-refractivity contribution in [2.45, 2.75) is 12.8 Å². The number of phenols is 1. The average Bonchev–Trinajstić information content (AvgIpc) is 2.36. The summed E-state index contributed by atoms with van der Waals surface area (Å²) in [4.78, 5) is 21.9. The second-order valence-electron chi connectivity index (χ2n) is 3.47. The van der Waals surface area contributed by atoms with Crippen LogP contribution in [0.5, 0.6) is 11.5 Å². The monoisotopic (exact) mass is 274 g/mol. The number of benzene rings is 1. The highest BCUT2D eigenvalue weighted by molar-refractivity contribution is 5.90. The number of aromatic hydroxyl groups is 1. The zero-order chi connectivity index (χ0) is 12.8. The van der Waals surface area contributed by atoms with E-state index in [0.717, 1.165) is 0 Å². The molecule has 0 aliphatic rings. The molecule has 6 heteroatoms. The molecule has 0 bridgehead atoms. The van der Waals surface area contributed by atoms with Crippen molar-refractivity contribution in [1.82, 2.24) is 0 Å². The summed E-state index contributed by atoms with van der Waals surface area (Å²) in [5, 5.41) is 18.5. The summed E-state index contributed by atoms with van der Waals surface area (Å²) in [6.45, 7) is -0.0522. The summed E-state index contributed by atoms with van der Waals surface area (Å²) in [7, 11) is 1.34. The molecule has 0 aliphatic heterocycles. The maximum absolute atomic E-state index is 11.0. The fraction of sp³-hybridized carbons (Fsp3) is 0.333. The van der Waals surface area contributed by atoms with Gasteiger partial charge in [0.25, 0.3) is 0 Å². The molecule has 0 spiro atoms. The molecule has 0 aliphatic carbocycles. The van der Waals surface area contributed by atoms with Crippen molar-refractivity contribution in [2.75, 3.05) is 13.7 Å². The predicted octanol–water partition coefficient (Wildman–Crippen LogP) is 1.37. The number of ether oxygens (including phenoxy) is 1. The van der Waals surface area contributed by atoms with E-state index in [9.17, 15) is 14.7 Å². The fourth-order valence-electron chi connectivity index (χ4n) is 1.65. The van der Waals surface area contributed by atoms with Crippen LogP contribution in [0.15, 0.2) is 6.07 Å². The van der Waals surface area contributed by atoms with Crippen LogP contribution in [0.3, 0.4) is 0 Å². The van der Waals surface area contributed by atoms with Crippen molar-refractivity contribution in [1.29, 1.82) is 0 Å². The van der Waals surface area contributed by atoms with E-state index in [1.54, 1.807) is 0 Å². The van der Waals surface area contributed by atoms with Crippen LogP contribution in [0.2, 0.25) is 0 Å². The maximum atomic E-state index is 11.0. The van der Waals surface area contributed by atoms with Crippen LogP contribution in [0.25, 0.3) is 0 Å². The van der Waals surface area contributed by atoms with E-state index >= 15 is 0 Å². The summed E-state index contributed by atoms with van der Waals surface area (Å²) in [5.41, 5.74) is 0.762. The lowest BCUT2D eigenvalue weighted by Gasteiger charge is -2.12. The molecule has 18 heavy (non-hydrogen) atoms. The molecule has 0 saturated heterocycles. The Morgan fingerprint density at radius 2 is 2.00 bits per heavy atom. The molecule has 2 N–H and O–H groups in total. The Morgan fingerprint density at radius 3 is 2.44 bits per heavy atom. The first-order valence-corrected chi connectivity index (χ1v) is 5.13. The molecule has 0 fully saturated rings. The number of aliphatic hydroxyl groups is 1. The Balaban J connectivity index is 0.00000289. The SMILES string of the molecule is COc1cc(C=O)c(CCCO)c(C=O)c1O.Cl. The number of aliphatic hydroxyl groups excluding tert-OH is 1. The summed E-state index contributed by atoms with van der Waals surface area (Å²) in [6, 6.07) is 1.38. The molecule has 1 aromatic rings. The number of hydrogen-bond donors (Lipinski definition) is 2. The number of methoxy groups -OCH3 is 1. The zero-order valence-electron chi connectivity index (χ0n) is 9.88. The number of phenolic OH excluding ortho intramolecular Hbond substituents is 1. The van der Waals surface area contributed by atoms with Crippen molar-refractivity contribution in [3.63, 3.8) is 0 Å². The highest BCUT2D eigenvalue weighted by atomic mass is 35.5. The molecular formula is C12H15ClO5. The van der Waals surface area contributed by atoms with Gasteiger partial charge in [-0.1, -0.05) is 0 Å². The van der Waals surface area contributed by atoms with Gasteiger partial charge in [-0.25, -0.2) is 0 Å². The van der Waals surface area contributed by atoms with Gasteiger partial charge in [0.05, 0.1) is 12.7 Å². The normalized spacial score (nSPS) is 9.44. The average molecular weight is 275 g/mol. The molecule has 0 radical (unpaired) electrons. The number of rotatable bonds is 6. The Kier molecular flexibility index (Phi) is 7.00. The van der Waals surface area contributed by atoms with Gasteiger partial charge < -0.3 is 14.9 Å². The summed E-state index contributed by atoms with van der Waals surface area (Å²) >= 11 is 0. The Labute approximate surface area is 111 Å². The minimum atomic E-state index is -0.277. The van der Waals surface area contributed by atoms with Gasteiger partial charge in [0.1, 0.15) is 6.29 Å². The van der Waals surface area contributed by atoms with Crippen molar-refractivity contribution in [2.24, 2.45) is 0 Å². The van der Waals surface area contributed by atoms with E-state index in [1.165, 1.54) is 13.2 Å². The number of carbonyl (C=O) groups excluding carboxylic acids is 2. The van der Waals surface area contributed by atoms with Crippen LogP contribution in [-0.2, 0) is 6.42 Å². The van der Waals surface area contributed by atoms with Gasteiger partial charge in [0.2, 0.25) is 0 Å². The van der Waals surface area contributed by atoms with Crippen LogP contribution in [-0.4, -0.2) is 36.5 Å². The first kappa shape index (κ1) is 16.4. The van der Waals surface area contributed by atoms with Gasteiger partial charge in [-0.05, 0) is 24.5 Å². The number of aldehydes is 2. The second kappa shape index (κ2) is 7.68. The third-order valence-electron chi connectivity index (χ3n) is 2.50. The molecule has 0 atom stereocenters. The molecule has 0 saturated carbocycles. The first-order chi connectivity index (χ1) is 8.19. The molecule has 0 amide bonds. The zero-order valence-corrected chi connectivity index (χ0v) is 10.7. The lowest BCUT2D eigenvalue weighted by Crippen LogP contribution is -2.03. The van der Waals surface area contributed by atoms with Crippen LogP contribution < -0.4 is 4.74 Å². The molecule has 0 unspecified atom stereocenters. The van der Waals surface area contributed by atoms with Crippen LogP contribution in [0, 0.1) is 0 Å². The minimum Gasteiger partial charge on any atom is -0.504 e. The molecule has 1 rings (SSSR count). The number of halogens is 1. The van der Waals surface area contributed by atoms with Gasteiger partial charge in [0.15, 0.2) is 17.8 Å². The lowest BCUT2D eigenvalue weighted by atomic mass is 9.96.